The van der Waals surface area contributed by atoms with Gasteiger partial charge >= 0.3 is 5.97 Å². The Labute approximate surface area is 122 Å². The number of benzene rings is 1. The van der Waals surface area contributed by atoms with Crippen molar-refractivity contribution in [3.8, 4) is 0 Å². The Morgan fingerprint density at radius 2 is 1.90 bits per heavy atom. The van der Waals surface area contributed by atoms with Crippen LogP contribution in [-0.4, -0.2) is 28.5 Å². The lowest BCUT2D eigenvalue weighted by Crippen LogP contribution is -2.32. The second-order valence-corrected chi connectivity index (χ2v) is 4.68. The number of hydrogen-bond donors (Lipinski definition) is 2. The van der Waals surface area contributed by atoms with Gasteiger partial charge in [-0.15, -0.1) is 0 Å². The SMILES string of the molecule is Cc1cccnc1C(=O)NCC(C(=O)O)c1ccccc1. The molecular weight excluding hydrogens is 268 g/mol. The van der Waals surface area contributed by atoms with Gasteiger partial charge in [0.15, 0.2) is 0 Å². The van der Waals surface area contributed by atoms with E-state index in [1.807, 2.05) is 6.07 Å². The molecule has 108 valence electrons. The van der Waals surface area contributed by atoms with E-state index in [-0.39, 0.29) is 12.5 Å². The molecule has 1 aromatic carbocycles. The molecule has 0 fully saturated rings. The van der Waals surface area contributed by atoms with Gasteiger partial charge in [-0.25, -0.2) is 0 Å². The van der Waals surface area contributed by atoms with Gasteiger partial charge in [-0.2, -0.15) is 0 Å². The molecule has 5 nitrogen and oxygen atoms in total. The maximum atomic E-state index is 12.1. The number of rotatable bonds is 5. The van der Waals surface area contributed by atoms with E-state index >= 15 is 0 Å². The molecule has 5 heteroatoms. The maximum absolute atomic E-state index is 12.1. The molecular formula is C16H16N2O3. The van der Waals surface area contributed by atoms with E-state index in [4.69, 9.17) is 0 Å². The molecule has 1 aromatic heterocycles. The molecule has 2 aromatic rings. The van der Waals surface area contributed by atoms with Crippen LogP contribution < -0.4 is 5.32 Å². The first kappa shape index (κ1) is 14.7. The summed E-state index contributed by atoms with van der Waals surface area (Å²) in [7, 11) is 0. The lowest BCUT2D eigenvalue weighted by Gasteiger charge is -2.14. The number of hydrogen-bond acceptors (Lipinski definition) is 3. The van der Waals surface area contributed by atoms with Crippen molar-refractivity contribution < 1.29 is 14.7 Å². The number of carboxylic acid groups (broad SMARTS) is 1. The molecule has 1 amide bonds. The number of pyridine rings is 1. The molecule has 1 heterocycles. The van der Waals surface area contributed by atoms with Crippen LogP contribution in [0.2, 0.25) is 0 Å². The third-order valence-corrected chi connectivity index (χ3v) is 3.19. The van der Waals surface area contributed by atoms with Gasteiger partial charge in [-0.05, 0) is 24.1 Å². The normalized spacial score (nSPS) is 11.7. The number of aliphatic carboxylic acids is 1. The third-order valence-electron chi connectivity index (χ3n) is 3.19. The van der Waals surface area contributed by atoms with E-state index in [2.05, 4.69) is 10.3 Å². The first-order chi connectivity index (χ1) is 10.1. The zero-order chi connectivity index (χ0) is 15.2. The summed E-state index contributed by atoms with van der Waals surface area (Å²) in [6.45, 7) is 1.81. The predicted molar refractivity (Wildman–Crippen MR) is 78.1 cm³/mol. The molecule has 2 N–H and O–H groups in total. The minimum Gasteiger partial charge on any atom is -0.481 e. The van der Waals surface area contributed by atoms with Crippen molar-refractivity contribution in [3.63, 3.8) is 0 Å². The van der Waals surface area contributed by atoms with E-state index < -0.39 is 11.9 Å². The Balaban J connectivity index is 2.08. The van der Waals surface area contributed by atoms with Crippen molar-refractivity contribution in [2.75, 3.05) is 6.54 Å². The molecule has 0 saturated carbocycles. The zero-order valence-electron chi connectivity index (χ0n) is 11.6. The van der Waals surface area contributed by atoms with Crippen LogP contribution in [0.4, 0.5) is 0 Å². The van der Waals surface area contributed by atoms with Gasteiger partial charge in [0.1, 0.15) is 5.69 Å². The average Bonchev–Trinajstić information content (AvgIpc) is 2.48. The number of carboxylic acids is 1. The maximum Gasteiger partial charge on any atom is 0.312 e. The summed E-state index contributed by atoms with van der Waals surface area (Å²) < 4.78 is 0. The van der Waals surface area contributed by atoms with Gasteiger partial charge in [-0.1, -0.05) is 36.4 Å². The molecule has 0 bridgehead atoms. The molecule has 0 spiro atoms. The van der Waals surface area contributed by atoms with Crippen molar-refractivity contribution in [1.29, 1.82) is 0 Å². The highest BCUT2D eigenvalue weighted by Gasteiger charge is 2.21. The van der Waals surface area contributed by atoms with Gasteiger partial charge in [0.25, 0.3) is 5.91 Å². The Hall–Kier alpha value is -2.69. The largest absolute Gasteiger partial charge is 0.481 e. The molecule has 0 saturated heterocycles. The van der Waals surface area contributed by atoms with Gasteiger partial charge < -0.3 is 10.4 Å². The van der Waals surface area contributed by atoms with Crippen LogP contribution >= 0.6 is 0 Å². The van der Waals surface area contributed by atoms with Crippen LogP contribution in [0.1, 0.15) is 27.5 Å². The fraction of sp³-hybridized carbons (Fsp3) is 0.188. The molecule has 0 radical (unpaired) electrons. The van der Waals surface area contributed by atoms with Crippen molar-refractivity contribution in [2.24, 2.45) is 0 Å². The summed E-state index contributed by atoms with van der Waals surface area (Å²) in [4.78, 5) is 27.4. The number of nitrogens with one attached hydrogen (secondary N) is 1. The summed E-state index contributed by atoms with van der Waals surface area (Å²) in [6.07, 6.45) is 1.54. The second kappa shape index (κ2) is 6.65. The summed E-state index contributed by atoms with van der Waals surface area (Å²) in [5.74, 6) is -2.12. The first-order valence-electron chi connectivity index (χ1n) is 6.57. The average molecular weight is 284 g/mol. The van der Waals surface area contributed by atoms with E-state index in [1.54, 1.807) is 43.3 Å². The number of carbonyl (C=O) groups is 2. The second-order valence-electron chi connectivity index (χ2n) is 4.68. The Bertz CT molecular complexity index is 641. The number of nitrogens with zero attached hydrogens (tertiary/aromatic N) is 1. The van der Waals surface area contributed by atoms with Gasteiger partial charge in [-0.3, -0.25) is 14.6 Å². The van der Waals surface area contributed by atoms with E-state index in [0.29, 0.717) is 11.3 Å². The highest BCUT2D eigenvalue weighted by atomic mass is 16.4. The van der Waals surface area contributed by atoms with Crippen LogP contribution in [-0.2, 0) is 4.79 Å². The van der Waals surface area contributed by atoms with Crippen molar-refractivity contribution in [2.45, 2.75) is 12.8 Å². The standard InChI is InChI=1S/C16H16N2O3/c1-11-6-5-9-17-14(11)15(19)18-10-13(16(20)21)12-7-3-2-4-8-12/h2-9,13H,10H2,1H3,(H,18,19)(H,20,21). The molecule has 0 aliphatic heterocycles. The van der Waals surface area contributed by atoms with Crippen molar-refractivity contribution in [1.82, 2.24) is 10.3 Å². The Morgan fingerprint density at radius 1 is 1.19 bits per heavy atom. The summed E-state index contributed by atoms with van der Waals surface area (Å²) in [5, 5.41) is 11.9. The molecule has 0 aliphatic carbocycles. The molecule has 2 rings (SSSR count). The highest BCUT2D eigenvalue weighted by Crippen LogP contribution is 2.15. The Morgan fingerprint density at radius 3 is 2.52 bits per heavy atom. The fourth-order valence-corrected chi connectivity index (χ4v) is 2.03. The van der Waals surface area contributed by atoms with Crippen LogP contribution in [0.15, 0.2) is 48.7 Å². The van der Waals surface area contributed by atoms with Gasteiger partial charge in [0.2, 0.25) is 0 Å². The monoisotopic (exact) mass is 284 g/mol. The van der Waals surface area contributed by atoms with Crippen LogP contribution in [0.5, 0.6) is 0 Å². The van der Waals surface area contributed by atoms with Crippen LogP contribution in [0.25, 0.3) is 0 Å². The van der Waals surface area contributed by atoms with Crippen LogP contribution in [0.3, 0.4) is 0 Å². The predicted octanol–water partition coefficient (Wildman–Crippen LogP) is 1.99. The zero-order valence-corrected chi connectivity index (χ0v) is 11.6. The van der Waals surface area contributed by atoms with E-state index in [1.165, 1.54) is 6.20 Å². The third kappa shape index (κ3) is 3.66. The van der Waals surface area contributed by atoms with Crippen molar-refractivity contribution >= 4 is 11.9 Å². The Kier molecular flexibility index (Phi) is 4.66. The van der Waals surface area contributed by atoms with Gasteiger partial charge in [0.05, 0.1) is 5.92 Å². The summed E-state index contributed by atoms with van der Waals surface area (Å²) in [6, 6.07) is 12.4. The number of aryl methyl sites for hydroxylation is 1. The lowest BCUT2D eigenvalue weighted by molar-refractivity contribution is -0.138. The molecule has 1 unspecified atom stereocenters. The minimum absolute atomic E-state index is 0.0220. The highest BCUT2D eigenvalue weighted by molar-refractivity contribution is 5.94. The van der Waals surface area contributed by atoms with Gasteiger partial charge in [0, 0.05) is 12.7 Å². The van der Waals surface area contributed by atoms with E-state index in [0.717, 1.165) is 5.56 Å². The van der Waals surface area contributed by atoms with Crippen LogP contribution in [0, 0.1) is 6.92 Å². The smallest absolute Gasteiger partial charge is 0.312 e. The van der Waals surface area contributed by atoms with E-state index in [9.17, 15) is 14.7 Å². The summed E-state index contributed by atoms with van der Waals surface area (Å²) >= 11 is 0. The molecule has 1 atom stereocenters. The molecule has 21 heavy (non-hydrogen) atoms. The number of aromatic nitrogens is 1. The molecule has 0 aliphatic rings. The first-order valence-corrected chi connectivity index (χ1v) is 6.57. The number of amides is 1. The van der Waals surface area contributed by atoms with Crippen molar-refractivity contribution in [3.05, 3.63) is 65.5 Å². The lowest BCUT2D eigenvalue weighted by atomic mass is 9.99. The minimum atomic E-state index is -0.973. The topological polar surface area (TPSA) is 79.3 Å². The summed E-state index contributed by atoms with van der Waals surface area (Å²) in [5.41, 5.74) is 1.72. The quantitative estimate of drug-likeness (QED) is 0.880. The number of carbonyl (C=O) groups excluding carboxylic acids is 1. The fourth-order valence-electron chi connectivity index (χ4n) is 2.03.